The van der Waals surface area contributed by atoms with E-state index in [0.717, 1.165) is 55.2 Å². The average molecular weight is 827 g/mol. The minimum Gasteiger partial charge on any atom is -0.308 e. The maximum Gasteiger partial charge on any atom is 0.164 e. The van der Waals surface area contributed by atoms with Crippen LogP contribution in [0.3, 0.4) is 0 Å². The third kappa shape index (κ3) is 6.26. The summed E-state index contributed by atoms with van der Waals surface area (Å²) in [5, 5.41) is 11.7. The summed E-state index contributed by atoms with van der Waals surface area (Å²) in [4.78, 5) is 15.8. The first-order chi connectivity index (χ1) is 32.2. The number of fused-ring (bicyclic) bond motifs is 8. The lowest BCUT2D eigenvalue weighted by Gasteiger charge is -2.17. The topological polar surface area (TPSA) is 43.6 Å². The van der Waals surface area contributed by atoms with Gasteiger partial charge in [0.15, 0.2) is 17.5 Å². The molecular weight excluding hydrogens is 789 g/mol. The van der Waals surface area contributed by atoms with Crippen LogP contribution in [0, 0.1) is 0 Å². The summed E-state index contributed by atoms with van der Waals surface area (Å²) in [7, 11) is 0. The van der Waals surface area contributed by atoms with Crippen molar-refractivity contribution < 1.29 is 0 Å². The molecule has 4 nitrogen and oxygen atoms in total. The molecule has 0 spiro atoms. The first-order valence-corrected chi connectivity index (χ1v) is 22.1. The first-order valence-electron chi connectivity index (χ1n) is 22.1. The van der Waals surface area contributed by atoms with Gasteiger partial charge in [-0.1, -0.05) is 188 Å². The van der Waals surface area contributed by atoms with Gasteiger partial charge in [-0.2, -0.15) is 0 Å². The maximum absolute atomic E-state index is 5.35. The molecule has 0 aliphatic carbocycles. The number of hydrogen-bond donors (Lipinski definition) is 0. The van der Waals surface area contributed by atoms with Crippen molar-refractivity contribution in [3.63, 3.8) is 0 Å². The van der Waals surface area contributed by atoms with Crippen LogP contribution in [-0.2, 0) is 0 Å². The van der Waals surface area contributed by atoms with E-state index < -0.39 is 0 Å². The van der Waals surface area contributed by atoms with Crippen LogP contribution in [0.1, 0.15) is 0 Å². The Morgan fingerprint density at radius 2 is 0.815 bits per heavy atom. The van der Waals surface area contributed by atoms with Crippen LogP contribution in [0.2, 0.25) is 0 Å². The first kappa shape index (κ1) is 36.9. The number of rotatable bonds is 6. The molecule has 0 radical (unpaired) electrons. The van der Waals surface area contributed by atoms with Crippen LogP contribution in [0.5, 0.6) is 0 Å². The maximum atomic E-state index is 5.35. The van der Waals surface area contributed by atoms with Gasteiger partial charge in [0.05, 0.1) is 16.7 Å². The third-order valence-electron chi connectivity index (χ3n) is 13.0. The van der Waals surface area contributed by atoms with Crippen LogP contribution in [-0.4, -0.2) is 19.5 Å². The quantitative estimate of drug-likeness (QED) is 0.168. The molecule has 0 aliphatic rings. The van der Waals surface area contributed by atoms with E-state index in [9.17, 15) is 0 Å². The molecule has 0 saturated carbocycles. The molecular formula is C61H38N4. The standard InChI is InChI=1S/C61H38N4/c1-3-14-39(15-4-1)44-23-13-24-45(34-44)48-29-30-51-54(36-48)53(61-63-59(42-18-5-2-6-19-42)62-60(64-61)49-27-26-40-16-7-8-20-43(40)35-49)32-33-56(51)65-57-38-47-22-10-9-21-46(47)37-55(57)52-31-28-41-17-11-12-25-50(41)58(52)65/h1-38H. The summed E-state index contributed by atoms with van der Waals surface area (Å²) >= 11 is 0. The average Bonchev–Trinajstić information content (AvgIpc) is 3.71. The van der Waals surface area contributed by atoms with Crippen molar-refractivity contribution in [2.45, 2.75) is 0 Å². The summed E-state index contributed by atoms with van der Waals surface area (Å²) in [5.74, 6) is 1.88. The van der Waals surface area contributed by atoms with Gasteiger partial charge in [-0.25, -0.2) is 15.0 Å². The molecule has 4 heteroatoms. The Balaban J connectivity index is 1.11. The fraction of sp³-hybridized carbons (Fsp3) is 0. The molecule has 0 atom stereocenters. The van der Waals surface area contributed by atoms with E-state index in [2.05, 4.69) is 217 Å². The summed E-state index contributed by atoms with van der Waals surface area (Å²) in [5.41, 5.74) is 10.8. The van der Waals surface area contributed by atoms with E-state index >= 15 is 0 Å². The normalized spacial score (nSPS) is 11.7. The van der Waals surface area contributed by atoms with E-state index in [0.29, 0.717) is 17.5 Å². The van der Waals surface area contributed by atoms with E-state index in [1.54, 1.807) is 0 Å². The van der Waals surface area contributed by atoms with Crippen LogP contribution < -0.4 is 0 Å². The van der Waals surface area contributed by atoms with Crippen molar-refractivity contribution in [3.05, 3.63) is 231 Å². The van der Waals surface area contributed by atoms with Crippen LogP contribution in [0.15, 0.2) is 231 Å². The fourth-order valence-corrected chi connectivity index (χ4v) is 9.79. The summed E-state index contributed by atoms with van der Waals surface area (Å²) < 4.78 is 2.49. The van der Waals surface area contributed by atoms with Gasteiger partial charge in [0.2, 0.25) is 0 Å². The van der Waals surface area contributed by atoms with E-state index in [4.69, 9.17) is 15.0 Å². The van der Waals surface area contributed by atoms with Crippen molar-refractivity contribution in [2.75, 3.05) is 0 Å². The fourth-order valence-electron chi connectivity index (χ4n) is 9.79. The van der Waals surface area contributed by atoms with E-state index in [1.807, 2.05) is 18.2 Å². The minimum absolute atomic E-state index is 0.618. The lowest BCUT2D eigenvalue weighted by atomic mass is 9.94. The van der Waals surface area contributed by atoms with E-state index in [-0.39, 0.29) is 0 Å². The summed E-state index contributed by atoms with van der Waals surface area (Å²) in [6.45, 7) is 0. The summed E-state index contributed by atoms with van der Waals surface area (Å²) in [6, 6.07) is 82.6. The van der Waals surface area contributed by atoms with Crippen LogP contribution in [0.25, 0.3) is 127 Å². The number of aromatic nitrogens is 4. The van der Waals surface area contributed by atoms with E-state index in [1.165, 1.54) is 54.3 Å². The Hall–Kier alpha value is -8.73. The number of nitrogens with zero attached hydrogens (tertiary/aromatic N) is 4. The minimum atomic E-state index is 0.618. The van der Waals surface area contributed by atoms with Crippen molar-refractivity contribution >= 4 is 64.9 Å². The van der Waals surface area contributed by atoms with Gasteiger partial charge in [0.1, 0.15) is 0 Å². The highest BCUT2D eigenvalue weighted by atomic mass is 15.0. The molecule has 11 aromatic carbocycles. The number of hydrogen-bond acceptors (Lipinski definition) is 3. The Morgan fingerprint density at radius 1 is 0.262 bits per heavy atom. The Bertz CT molecular complexity index is 4000. The molecule has 0 aliphatic heterocycles. The van der Waals surface area contributed by atoms with Crippen LogP contribution in [0.4, 0.5) is 0 Å². The summed E-state index contributed by atoms with van der Waals surface area (Å²) in [6.07, 6.45) is 0. The van der Waals surface area contributed by atoms with Crippen molar-refractivity contribution in [1.29, 1.82) is 0 Å². The van der Waals surface area contributed by atoms with Gasteiger partial charge in [0.25, 0.3) is 0 Å². The molecule has 0 amide bonds. The second kappa shape index (κ2) is 15.0. The molecule has 2 aromatic heterocycles. The van der Waals surface area contributed by atoms with Gasteiger partial charge < -0.3 is 4.57 Å². The molecule has 13 rings (SSSR count). The third-order valence-corrected chi connectivity index (χ3v) is 13.0. The smallest absolute Gasteiger partial charge is 0.164 e. The second-order valence-corrected chi connectivity index (χ2v) is 16.8. The molecule has 2 heterocycles. The van der Waals surface area contributed by atoms with Gasteiger partial charge in [0, 0.05) is 38.2 Å². The predicted molar refractivity (Wildman–Crippen MR) is 271 cm³/mol. The lowest BCUT2D eigenvalue weighted by molar-refractivity contribution is 1.08. The molecule has 0 N–H and O–H groups in total. The SMILES string of the molecule is c1ccc(-c2cccc(-c3ccc4c(-n5c6cc7ccccc7cc6c6ccc7ccccc7c65)ccc(-c5nc(-c6ccccc6)nc(-c6ccc7ccccc7c6)n5)c4c3)c2)cc1. The van der Waals surface area contributed by atoms with Crippen molar-refractivity contribution in [1.82, 2.24) is 19.5 Å². The lowest BCUT2D eigenvalue weighted by Crippen LogP contribution is -2.02. The zero-order chi connectivity index (χ0) is 42.8. The van der Waals surface area contributed by atoms with Crippen molar-refractivity contribution in [2.24, 2.45) is 0 Å². The zero-order valence-corrected chi connectivity index (χ0v) is 35.2. The zero-order valence-electron chi connectivity index (χ0n) is 35.2. The van der Waals surface area contributed by atoms with Gasteiger partial charge in [-0.05, 0) is 97.0 Å². The highest BCUT2D eigenvalue weighted by Gasteiger charge is 2.21. The Kier molecular flexibility index (Phi) is 8.50. The molecule has 0 unspecified atom stereocenters. The number of benzene rings is 11. The molecule has 65 heavy (non-hydrogen) atoms. The monoisotopic (exact) mass is 826 g/mol. The molecule has 0 fully saturated rings. The van der Waals surface area contributed by atoms with Gasteiger partial charge >= 0.3 is 0 Å². The van der Waals surface area contributed by atoms with Crippen molar-refractivity contribution in [3.8, 4) is 62.1 Å². The molecule has 0 bridgehead atoms. The molecule has 13 aromatic rings. The van der Waals surface area contributed by atoms with Gasteiger partial charge in [-0.15, -0.1) is 0 Å². The van der Waals surface area contributed by atoms with Gasteiger partial charge in [-0.3, -0.25) is 0 Å². The second-order valence-electron chi connectivity index (χ2n) is 16.8. The Labute approximate surface area is 375 Å². The molecule has 0 saturated heterocycles. The Morgan fingerprint density at radius 3 is 1.60 bits per heavy atom. The molecule has 302 valence electrons. The highest BCUT2D eigenvalue weighted by Crippen LogP contribution is 2.43. The largest absolute Gasteiger partial charge is 0.308 e. The van der Waals surface area contributed by atoms with Crippen LogP contribution >= 0.6 is 0 Å². The predicted octanol–water partition coefficient (Wildman–Crippen LogP) is 15.9. The highest BCUT2D eigenvalue weighted by molar-refractivity contribution is 6.21.